The quantitative estimate of drug-likeness (QED) is 0.677. The number of carboxylic acid groups (broad SMARTS) is 1. The van der Waals surface area contributed by atoms with Crippen LogP contribution >= 0.6 is 0 Å². The summed E-state index contributed by atoms with van der Waals surface area (Å²) >= 11 is 0. The third-order valence-corrected chi connectivity index (χ3v) is 2.36. The summed E-state index contributed by atoms with van der Waals surface area (Å²) in [5, 5.41) is 10.6. The van der Waals surface area contributed by atoms with Crippen molar-refractivity contribution in [2.45, 2.75) is 13.0 Å². The van der Waals surface area contributed by atoms with Gasteiger partial charge in [-0.3, -0.25) is 4.79 Å². The average molecular weight is 220 g/mol. The second-order valence-corrected chi connectivity index (χ2v) is 3.52. The van der Waals surface area contributed by atoms with E-state index in [1.54, 1.807) is 31.2 Å². The van der Waals surface area contributed by atoms with Gasteiger partial charge in [0.1, 0.15) is 5.75 Å². The summed E-state index contributed by atoms with van der Waals surface area (Å²) in [7, 11) is 0. The zero-order valence-electron chi connectivity index (χ0n) is 8.67. The summed E-state index contributed by atoms with van der Waals surface area (Å²) in [6, 6.07) is 6.81. The number of carbonyl (C=O) groups excluding carboxylic acids is 2. The normalized spacial score (nSPS) is 18.9. The number of benzene rings is 1. The predicted molar refractivity (Wildman–Crippen MR) is 53.9 cm³/mol. The lowest BCUT2D eigenvalue weighted by Gasteiger charge is -2.33. The van der Waals surface area contributed by atoms with E-state index in [0.717, 1.165) is 0 Å². The van der Waals surface area contributed by atoms with Gasteiger partial charge in [-0.1, -0.05) is 12.1 Å². The molecule has 2 rings (SSSR count). The SMILES string of the molecule is C[C@H]1Oc2ccccc2N(CC(=O)[O-])C1=O. The Balaban J connectivity index is 2.41. The van der Waals surface area contributed by atoms with E-state index in [1.807, 2.05) is 0 Å². The Morgan fingerprint density at radius 2 is 2.19 bits per heavy atom. The molecule has 1 aliphatic heterocycles. The molecule has 0 radical (unpaired) electrons. The number of amides is 1. The first kappa shape index (κ1) is 10.5. The van der Waals surface area contributed by atoms with Crippen LogP contribution in [0, 0.1) is 0 Å². The average Bonchev–Trinajstić information content (AvgIpc) is 2.24. The number of hydrogen-bond acceptors (Lipinski definition) is 4. The molecular formula is C11H10NO4-. The molecule has 16 heavy (non-hydrogen) atoms. The highest BCUT2D eigenvalue weighted by atomic mass is 16.5. The van der Waals surface area contributed by atoms with Crippen LogP contribution < -0.4 is 14.7 Å². The van der Waals surface area contributed by atoms with Gasteiger partial charge in [0, 0.05) is 0 Å². The zero-order valence-corrected chi connectivity index (χ0v) is 8.67. The highest BCUT2D eigenvalue weighted by molar-refractivity contribution is 6.02. The van der Waals surface area contributed by atoms with Crippen molar-refractivity contribution in [3.05, 3.63) is 24.3 Å². The molecule has 0 fully saturated rings. The minimum atomic E-state index is -1.29. The monoisotopic (exact) mass is 220 g/mol. The number of carbonyl (C=O) groups is 2. The Labute approximate surface area is 92.2 Å². The molecule has 0 aliphatic carbocycles. The predicted octanol–water partition coefficient (Wildman–Crippen LogP) is -0.450. The van der Waals surface area contributed by atoms with Gasteiger partial charge >= 0.3 is 0 Å². The van der Waals surface area contributed by atoms with E-state index < -0.39 is 18.6 Å². The van der Waals surface area contributed by atoms with Crippen molar-refractivity contribution in [3.8, 4) is 5.75 Å². The number of fused-ring (bicyclic) bond motifs is 1. The highest BCUT2D eigenvalue weighted by Gasteiger charge is 2.30. The van der Waals surface area contributed by atoms with Gasteiger partial charge in [0.05, 0.1) is 18.2 Å². The molecule has 5 heteroatoms. The van der Waals surface area contributed by atoms with Crippen LogP contribution in [-0.4, -0.2) is 24.5 Å². The van der Waals surface area contributed by atoms with E-state index in [-0.39, 0.29) is 5.91 Å². The third kappa shape index (κ3) is 1.71. The van der Waals surface area contributed by atoms with Gasteiger partial charge in [-0.25, -0.2) is 0 Å². The van der Waals surface area contributed by atoms with Gasteiger partial charge in [-0.2, -0.15) is 0 Å². The van der Waals surface area contributed by atoms with Gasteiger partial charge in [0.25, 0.3) is 5.91 Å². The largest absolute Gasteiger partial charge is 0.548 e. The zero-order chi connectivity index (χ0) is 11.7. The van der Waals surface area contributed by atoms with Crippen molar-refractivity contribution in [1.82, 2.24) is 0 Å². The molecule has 0 saturated carbocycles. The van der Waals surface area contributed by atoms with Crippen LogP contribution in [0.2, 0.25) is 0 Å². The third-order valence-electron chi connectivity index (χ3n) is 2.36. The number of ether oxygens (including phenoxy) is 1. The van der Waals surface area contributed by atoms with Gasteiger partial charge in [-0.05, 0) is 19.1 Å². The van der Waals surface area contributed by atoms with Crippen molar-refractivity contribution >= 4 is 17.6 Å². The number of nitrogens with zero attached hydrogens (tertiary/aromatic N) is 1. The molecule has 5 nitrogen and oxygen atoms in total. The van der Waals surface area contributed by atoms with Gasteiger partial charge < -0.3 is 19.5 Å². The van der Waals surface area contributed by atoms with Crippen LogP contribution in [0.1, 0.15) is 6.92 Å². The van der Waals surface area contributed by atoms with Gasteiger partial charge in [-0.15, -0.1) is 0 Å². The Kier molecular flexibility index (Phi) is 2.52. The summed E-state index contributed by atoms with van der Waals surface area (Å²) in [5.41, 5.74) is 0.467. The molecule has 0 aromatic heterocycles. The molecule has 84 valence electrons. The molecule has 0 N–H and O–H groups in total. The summed E-state index contributed by atoms with van der Waals surface area (Å²) in [6.45, 7) is 1.13. The Bertz CT molecular complexity index is 443. The number of rotatable bonds is 2. The van der Waals surface area contributed by atoms with E-state index in [2.05, 4.69) is 0 Å². The maximum absolute atomic E-state index is 11.7. The summed E-state index contributed by atoms with van der Waals surface area (Å²) < 4.78 is 5.35. The fourth-order valence-electron chi connectivity index (χ4n) is 1.65. The highest BCUT2D eigenvalue weighted by Crippen LogP contribution is 2.33. The fourth-order valence-corrected chi connectivity index (χ4v) is 1.65. The maximum atomic E-state index is 11.7. The molecule has 0 unspecified atom stereocenters. The number of para-hydroxylation sites is 2. The Hall–Kier alpha value is -2.04. The molecule has 1 heterocycles. The molecule has 1 amide bonds. The van der Waals surface area contributed by atoms with E-state index in [0.29, 0.717) is 11.4 Å². The Morgan fingerprint density at radius 3 is 2.88 bits per heavy atom. The van der Waals surface area contributed by atoms with Crippen LogP contribution in [0.3, 0.4) is 0 Å². The van der Waals surface area contributed by atoms with Crippen LogP contribution in [0.15, 0.2) is 24.3 Å². The van der Waals surface area contributed by atoms with Gasteiger partial charge in [0.2, 0.25) is 0 Å². The first-order valence-corrected chi connectivity index (χ1v) is 4.86. The van der Waals surface area contributed by atoms with Crippen molar-refractivity contribution in [2.24, 2.45) is 0 Å². The Morgan fingerprint density at radius 1 is 1.50 bits per heavy atom. The van der Waals surface area contributed by atoms with E-state index in [1.165, 1.54) is 4.90 Å². The van der Waals surface area contributed by atoms with Crippen molar-refractivity contribution in [3.63, 3.8) is 0 Å². The molecule has 1 aromatic carbocycles. The van der Waals surface area contributed by atoms with E-state index >= 15 is 0 Å². The van der Waals surface area contributed by atoms with Crippen LogP contribution in [-0.2, 0) is 9.59 Å². The summed E-state index contributed by atoms with van der Waals surface area (Å²) in [6.07, 6.45) is -0.672. The summed E-state index contributed by atoms with van der Waals surface area (Å²) in [5.74, 6) is -1.16. The van der Waals surface area contributed by atoms with Crippen LogP contribution in [0.25, 0.3) is 0 Å². The van der Waals surface area contributed by atoms with E-state index in [9.17, 15) is 14.7 Å². The van der Waals surface area contributed by atoms with Crippen molar-refractivity contribution in [2.75, 3.05) is 11.4 Å². The van der Waals surface area contributed by atoms with Crippen molar-refractivity contribution < 1.29 is 19.4 Å². The lowest BCUT2D eigenvalue weighted by atomic mass is 10.2. The standard InChI is InChI=1S/C11H11NO4/c1-7-11(15)12(6-10(13)14)8-4-2-3-5-9(8)16-7/h2-5,7H,6H2,1H3,(H,13,14)/p-1/t7-/m1/s1. The van der Waals surface area contributed by atoms with Gasteiger partial charge in [0.15, 0.2) is 6.10 Å². The molecule has 1 aromatic rings. The number of carboxylic acids is 1. The minimum Gasteiger partial charge on any atom is -0.548 e. The number of anilines is 1. The number of hydrogen-bond donors (Lipinski definition) is 0. The minimum absolute atomic E-state index is 0.372. The molecule has 1 atom stereocenters. The molecule has 0 bridgehead atoms. The molecule has 1 aliphatic rings. The topological polar surface area (TPSA) is 69.7 Å². The molecular weight excluding hydrogens is 210 g/mol. The maximum Gasteiger partial charge on any atom is 0.268 e. The summed E-state index contributed by atoms with van der Waals surface area (Å²) in [4.78, 5) is 23.5. The number of aliphatic carboxylic acids is 1. The first-order valence-electron chi connectivity index (χ1n) is 4.86. The first-order chi connectivity index (χ1) is 7.59. The van der Waals surface area contributed by atoms with Crippen molar-refractivity contribution in [1.29, 1.82) is 0 Å². The van der Waals surface area contributed by atoms with Crippen LogP contribution in [0.4, 0.5) is 5.69 Å². The van der Waals surface area contributed by atoms with E-state index in [4.69, 9.17) is 4.74 Å². The lowest BCUT2D eigenvalue weighted by Crippen LogP contribution is -2.49. The lowest BCUT2D eigenvalue weighted by molar-refractivity contribution is -0.303. The molecule has 0 spiro atoms. The smallest absolute Gasteiger partial charge is 0.268 e. The van der Waals surface area contributed by atoms with Crippen LogP contribution in [0.5, 0.6) is 5.75 Å². The molecule has 0 saturated heterocycles. The fraction of sp³-hybridized carbons (Fsp3) is 0.273. The second kappa shape index (κ2) is 3.84. The second-order valence-electron chi connectivity index (χ2n) is 3.52.